The summed E-state index contributed by atoms with van der Waals surface area (Å²) in [6.07, 6.45) is 0. The van der Waals surface area contributed by atoms with Crippen LogP contribution in [0.3, 0.4) is 0 Å². The fourth-order valence-electron chi connectivity index (χ4n) is 2.06. The Morgan fingerprint density at radius 1 is 1.40 bits per heavy atom. The smallest absolute Gasteiger partial charge is 0.319 e. The van der Waals surface area contributed by atoms with Gasteiger partial charge in [-0.1, -0.05) is 19.9 Å². The fraction of sp³-hybridized carbons (Fsp3) is 0.467. The van der Waals surface area contributed by atoms with Gasteiger partial charge in [-0.3, -0.25) is 4.90 Å². The summed E-state index contributed by atoms with van der Waals surface area (Å²) < 4.78 is 0. The molecule has 1 aromatic carbocycles. The predicted octanol–water partition coefficient (Wildman–Crippen LogP) is 2.41. The maximum absolute atomic E-state index is 11.8. The molecule has 0 saturated carbocycles. The maximum atomic E-state index is 11.8. The lowest BCUT2D eigenvalue weighted by Crippen LogP contribution is -2.43. The molecule has 0 fully saturated rings. The molecule has 0 aliphatic rings. The van der Waals surface area contributed by atoms with Crippen LogP contribution in [0, 0.1) is 11.3 Å². The Hall–Kier alpha value is -2.06. The summed E-state index contributed by atoms with van der Waals surface area (Å²) in [5.41, 5.74) is 1.15. The van der Waals surface area contributed by atoms with Crippen LogP contribution in [-0.4, -0.2) is 36.6 Å². The second-order valence-corrected chi connectivity index (χ2v) is 4.60. The van der Waals surface area contributed by atoms with Crippen molar-refractivity contribution < 1.29 is 4.79 Å². The monoisotopic (exact) mass is 274 g/mol. The average Bonchev–Trinajstić information content (AvgIpc) is 2.46. The first-order valence-electron chi connectivity index (χ1n) is 6.89. The number of nitrogens with zero attached hydrogens (tertiary/aromatic N) is 2. The van der Waals surface area contributed by atoms with Crippen molar-refractivity contribution in [3.05, 3.63) is 29.8 Å². The van der Waals surface area contributed by atoms with Crippen molar-refractivity contribution in [2.45, 2.75) is 26.8 Å². The molecule has 0 heterocycles. The van der Waals surface area contributed by atoms with Crippen LogP contribution in [-0.2, 0) is 0 Å². The van der Waals surface area contributed by atoms with Gasteiger partial charge in [-0.2, -0.15) is 5.26 Å². The van der Waals surface area contributed by atoms with Gasteiger partial charge in [0.1, 0.15) is 0 Å². The Bertz CT molecular complexity index is 477. The van der Waals surface area contributed by atoms with Crippen LogP contribution < -0.4 is 10.6 Å². The molecule has 0 saturated heterocycles. The van der Waals surface area contributed by atoms with Gasteiger partial charge >= 0.3 is 6.03 Å². The zero-order valence-corrected chi connectivity index (χ0v) is 12.3. The molecule has 0 radical (unpaired) electrons. The molecule has 0 aromatic heterocycles. The first kappa shape index (κ1) is 16.0. The molecule has 5 nitrogen and oxygen atoms in total. The molecule has 0 unspecified atom stereocenters. The third-order valence-electron chi connectivity index (χ3n) is 3.24. The molecular weight excluding hydrogens is 252 g/mol. The van der Waals surface area contributed by atoms with Gasteiger partial charge in [-0.15, -0.1) is 0 Å². The van der Waals surface area contributed by atoms with Crippen molar-refractivity contribution in [1.82, 2.24) is 10.2 Å². The van der Waals surface area contributed by atoms with Gasteiger partial charge in [-0.05, 0) is 38.2 Å². The molecule has 0 bridgehead atoms. The van der Waals surface area contributed by atoms with Gasteiger partial charge in [0.2, 0.25) is 0 Å². The highest BCUT2D eigenvalue weighted by Crippen LogP contribution is 2.09. The van der Waals surface area contributed by atoms with E-state index in [0.29, 0.717) is 23.8 Å². The van der Waals surface area contributed by atoms with Gasteiger partial charge in [0, 0.05) is 18.3 Å². The maximum Gasteiger partial charge on any atom is 0.319 e. The average molecular weight is 274 g/mol. The van der Waals surface area contributed by atoms with Crippen molar-refractivity contribution in [3.8, 4) is 6.07 Å². The number of urea groups is 1. The van der Waals surface area contributed by atoms with Crippen molar-refractivity contribution in [2.24, 2.45) is 0 Å². The number of hydrogen-bond acceptors (Lipinski definition) is 3. The number of anilines is 1. The van der Waals surface area contributed by atoms with E-state index in [0.717, 1.165) is 13.1 Å². The zero-order chi connectivity index (χ0) is 15.0. The van der Waals surface area contributed by atoms with Gasteiger partial charge in [0.25, 0.3) is 0 Å². The summed E-state index contributed by atoms with van der Waals surface area (Å²) in [4.78, 5) is 14.1. The molecular formula is C15H22N4O. The van der Waals surface area contributed by atoms with E-state index in [9.17, 15) is 4.79 Å². The van der Waals surface area contributed by atoms with E-state index in [2.05, 4.69) is 36.3 Å². The summed E-state index contributed by atoms with van der Waals surface area (Å²) in [5.74, 6) is 0. The van der Waals surface area contributed by atoms with E-state index in [1.807, 2.05) is 6.07 Å². The SMILES string of the molecule is CCN(CC)[C@H](C)CNC(=O)Nc1cccc(C#N)c1. The van der Waals surface area contributed by atoms with Crippen LogP contribution in [0.5, 0.6) is 0 Å². The Balaban J connectivity index is 2.46. The summed E-state index contributed by atoms with van der Waals surface area (Å²) in [7, 11) is 0. The van der Waals surface area contributed by atoms with Crippen molar-refractivity contribution in [3.63, 3.8) is 0 Å². The minimum Gasteiger partial charge on any atom is -0.336 e. The number of nitriles is 1. The van der Waals surface area contributed by atoms with E-state index in [1.54, 1.807) is 24.3 Å². The molecule has 1 rings (SSSR count). The van der Waals surface area contributed by atoms with Crippen molar-refractivity contribution in [2.75, 3.05) is 25.0 Å². The van der Waals surface area contributed by atoms with Crippen molar-refractivity contribution >= 4 is 11.7 Å². The Morgan fingerprint density at radius 2 is 2.10 bits per heavy atom. The Morgan fingerprint density at radius 3 is 2.70 bits per heavy atom. The highest BCUT2D eigenvalue weighted by atomic mass is 16.2. The fourth-order valence-corrected chi connectivity index (χ4v) is 2.06. The largest absolute Gasteiger partial charge is 0.336 e. The van der Waals surface area contributed by atoms with Crippen molar-refractivity contribution in [1.29, 1.82) is 5.26 Å². The quantitative estimate of drug-likeness (QED) is 0.837. The summed E-state index contributed by atoms with van der Waals surface area (Å²) in [6.45, 7) is 8.81. The molecule has 0 aliphatic heterocycles. The molecule has 2 amide bonds. The third-order valence-corrected chi connectivity index (χ3v) is 3.24. The van der Waals surface area contributed by atoms with E-state index in [-0.39, 0.29) is 6.03 Å². The molecule has 1 aromatic rings. The molecule has 5 heteroatoms. The highest BCUT2D eigenvalue weighted by Gasteiger charge is 2.11. The minimum absolute atomic E-state index is 0.251. The Labute approximate surface area is 120 Å². The first-order chi connectivity index (χ1) is 9.60. The van der Waals surface area contributed by atoms with Gasteiger partial charge in [-0.25, -0.2) is 4.79 Å². The van der Waals surface area contributed by atoms with Crippen LogP contribution >= 0.6 is 0 Å². The van der Waals surface area contributed by atoms with Crippen LogP contribution in [0.4, 0.5) is 10.5 Å². The molecule has 1 atom stereocenters. The van der Waals surface area contributed by atoms with Crippen LogP contribution in [0.25, 0.3) is 0 Å². The molecule has 108 valence electrons. The lowest BCUT2D eigenvalue weighted by atomic mass is 10.2. The number of likely N-dealkylation sites (N-methyl/N-ethyl adjacent to an activating group) is 1. The summed E-state index contributed by atoms with van der Waals surface area (Å²) in [6, 6.07) is 8.93. The van der Waals surface area contributed by atoms with Gasteiger partial charge < -0.3 is 10.6 Å². The zero-order valence-electron chi connectivity index (χ0n) is 12.3. The van der Waals surface area contributed by atoms with Crippen LogP contribution in [0.1, 0.15) is 26.3 Å². The predicted molar refractivity (Wildman–Crippen MR) is 80.6 cm³/mol. The topological polar surface area (TPSA) is 68.2 Å². The summed E-state index contributed by atoms with van der Waals surface area (Å²) >= 11 is 0. The van der Waals surface area contributed by atoms with Gasteiger partial charge in [0.05, 0.1) is 11.6 Å². The van der Waals surface area contributed by atoms with E-state index >= 15 is 0 Å². The standard InChI is InChI=1S/C15H22N4O/c1-4-19(5-2)12(3)11-17-15(20)18-14-8-6-7-13(9-14)10-16/h6-9,12H,4-5,11H2,1-3H3,(H2,17,18,20)/t12-/m1/s1. The highest BCUT2D eigenvalue weighted by molar-refractivity contribution is 5.89. The van der Waals surface area contributed by atoms with Crippen LogP contribution in [0.15, 0.2) is 24.3 Å². The normalized spacial score (nSPS) is 11.8. The second-order valence-electron chi connectivity index (χ2n) is 4.60. The minimum atomic E-state index is -0.251. The van der Waals surface area contributed by atoms with E-state index < -0.39 is 0 Å². The summed E-state index contributed by atoms with van der Waals surface area (Å²) in [5, 5.41) is 14.4. The molecule has 20 heavy (non-hydrogen) atoms. The lowest BCUT2D eigenvalue weighted by molar-refractivity contribution is 0.220. The van der Waals surface area contributed by atoms with E-state index in [4.69, 9.17) is 5.26 Å². The number of rotatable bonds is 6. The first-order valence-corrected chi connectivity index (χ1v) is 6.89. The molecule has 2 N–H and O–H groups in total. The Kier molecular flexibility index (Phi) is 6.54. The number of carbonyl (C=O) groups excluding carboxylic acids is 1. The number of nitrogens with one attached hydrogen (secondary N) is 2. The number of benzene rings is 1. The second kappa shape index (κ2) is 8.18. The van der Waals surface area contributed by atoms with E-state index in [1.165, 1.54) is 0 Å². The number of hydrogen-bond donors (Lipinski definition) is 2. The van der Waals surface area contributed by atoms with Gasteiger partial charge in [0.15, 0.2) is 0 Å². The third kappa shape index (κ3) is 4.90. The lowest BCUT2D eigenvalue weighted by Gasteiger charge is -2.26. The number of amides is 2. The molecule has 0 spiro atoms. The van der Waals surface area contributed by atoms with Crippen LogP contribution in [0.2, 0.25) is 0 Å². The number of carbonyl (C=O) groups is 1. The molecule has 0 aliphatic carbocycles.